The molecule has 0 atom stereocenters. The Hall–Kier alpha value is -8.20. The molecule has 0 saturated carbocycles. The molecule has 0 radical (unpaired) electrons. The summed E-state index contributed by atoms with van der Waals surface area (Å²) in [5.74, 6) is 0. The van der Waals surface area contributed by atoms with Gasteiger partial charge in [0.25, 0.3) is 0 Å². The normalized spacial score (nSPS) is 12.6. The van der Waals surface area contributed by atoms with E-state index < -0.39 is 0 Å². The minimum Gasteiger partial charge on any atom is -0.310 e. The van der Waals surface area contributed by atoms with E-state index in [1.54, 1.807) is 0 Å². The summed E-state index contributed by atoms with van der Waals surface area (Å²) in [7, 11) is 0. The molecule has 10 aromatic carbocycles. The summed E-state index contributed by atoms with van der Waals surface area (Å²) in [5.41, 5.74) is 21.8. The van der Waals surface area contributed by atoms with Gasteiger partial charge in [-0.3, -0.25) is 0 Å². The summed E-state index contributed by atoms with van der Waals surface area (Å²) in [6.07, 6.45) is 0. The second-order valence-corrected chi connectivity index (χ2v) is 17.8. The molecule has 65 heavy (non-hydrogen) atoms. The maximum atomic E-state index is 2.44. The van der Waals surface area contributed by atoms with Crippen LogP contribution in [0.3, 0.4) is 0 Å². The molecule has 0 fully saturated rings. The summed E-state index contributed by atoms with van der Waals surface area (Å²) in [6, 6.07) is 88.7. The fraction of sp³-hybridized carbons (Fsp3) is 0.0476. The van der Waals surface area contributed by atoms with Gasteiger partial charge >= 0.3 is 0 Å². The van der Waals surface area contributed by atoms with E-state index in [-0.39, 0.29) is 5.41 Å². The Morgan fingerprint density at radius 3 is 1.23 bits per heavy atom. The van der Waals surface area contributed by atoms with Crippen molar-refractivity contribution in [1.82, 2.24) is 4.57 Å². The van der Waals surface area contributed by atoms with Crippen molar-refractivity contribution in [3.8, 4) is 61.3 Å². The van der Waals surface area contributed by atoms with Crippen LogP contribution >= 0.6 is 0 Å². The van der Waals surface area contributed by atoms with Crippen molar-refractivity contribution in [2.24, 2.45) is 0 Å². The maximum Gasteiger partial charge on any atom is 0.0541 e. The number of hydrogen-bond acceptors (Lipinski definition) is 1. The Morgan fingerprint density at radius 1 is 0.308 bits per heavy atom. The number of para-hydroxylation sites is 2. The molecule has 0 bridgehead atoms. The molecule has 0 saturated heterocycles. The lowest BCUT2D eigenvalue weighted by Crippen LogP contribution is -2.15. The van der Waals surface area contributed by atoms with E-state index in [0.29, 0.717) is 0 Å². The van der Waals surface area contributed by atoms with E-state index in [1.165, 1.54) is 94.3 Å². The highest BCUT2D eigenvalue weighted by Crippen LogP contribution is 2.51. The quantitative estimate of drug-likeness (QED) is 0.148. The van der Waals surface area contributed by atoms with Gasteiger partial charge in [0.05, 0.1) is 11.0 Å². The number of aromatic nitrogens is 1. The van der Waals surface area contributed by atoms with Crippen LogP contribution in [0.25, 0.3) is 83.1 Å². The molecule has 0 amide bonds. The van der Waals surface area contributed by atoms with Crippen LogP contribution in [-0.2, 0) is 5.41 Å². The first-order valence-corrected chi connectivity index (χ1v) is 22.6. The summed E-state index contributed by atoms with van der Waals surface area (Å²) < 4.78 is 2.40. The van der Waals surface area contributed by atoms with Gasteiger partial charge in [-0.25, -0.2) is 0 Å². The summed E-state index contributed by atoms with van der Waals surface area (Å²) in [6.45, 7) is 4.77. The van der Waals surface area contributed by atoms with Gasteiger partial charge in [-0.2, -0.15) is 0 Å². The molecular formula is C63H46N2. The molecule has 12 rings (SSSR count). The minimum absolute atomic E-state index is 0.189. The molecule has 0 unspecified atom stereocenters. The number of rotatable bonds is 8. The Morgan fingerprint density at radius 2 is 0.708 bits per heavy atom. The van der Waals surface area contributed by atoms with E-state index in [4.69, 9.17) is 0 Å². The summed E-state index contributed by atoms with van der Waals surface area (Å²) in [5, 5.41) is 2.55. The van der Waals surface area contributed by atoms with Crippen molar-refractivity contribution < 1.29 is 0 Å². The topological polar surface area (TPSA) is 8.17 Å². The molecule has 2 heteroatoms. The maximum absolute atomic E-state index is 2.44. The minimum atomic E-state index is -0.189. The highest BCUT2D eigenvalue weighted by molar-refractivity contribution is 6.09. The van der Waals surface area contributed by atoms with E-state index in [0.717, 1.165) is 17.1 Å². The van der Waals surface area contributed by atoms with Gasteiger partial charge in [0.2, 0.25) is 0 Å². The van der Waals surface area contributed by atoms with E-state index in [1.807, 2.05) is 0 Å². The van der Waals surface area contributed by atoms with Crippen molar-refractivity contribution in [1.29, 1.82) is 0 Å². The van der Waals surface area contributed by atoms with E-state index >= 15 is 0 Å². The van der Waals surface area contributed by atoms with Crippen LogP contribution < -0.4 is 4.90 Å². The molecule has 1 aliphatic carbocycles. The lowest BCUT2D eigenvalue weighted by Gasteiger charge is -2.27. The summed E-state index contributed by atoms with van der Waals surface area (Å²) in [4.78, 5) is 2.37. The van der Waals surface area contributed by atoms with Gasteiger partial charge < -0.3 is 9.47 Å². The monoisotopic (exact) mass is 830 g/mol. The second kappa shape index (κ2) is 15.6. The molecule has 308 valence electrons. The van der Waals surface area contributed by atoms with Gasteiger partial charge in [0.15, 0.2) is 0 Å². The average molecular weight is 831 g/mol. The van der Waals surface area contributed by atoms with Crippen molar-refractivity contribution in [3.05, 3.63) is 254 Å². The van der Waals surface area contributed by atoms with Gasteiger partial charge in [-0.1, -0.05) is 184 Å². The fourth-order valence-electron chi connectivity index (χ4n) is 10.3. The average Bonchev–Trinajstić information content (AvgIpc) is 3.83. The van der Waals surface area contributed by atoms with Crippen LogP contribution in [0, 0.1) is 0 Å². The van der Waals surface area contributed by atoms with Crippen LogP contribution in [0.1, 0.15) is 25.0 Å². The van der Waals surface area contributed by atoms with Crippen molar-refractivity contribution in [3.63, 3.8) is 0 Å². The van der Waals surface area contributed by atoms with E-state index in [9.17, 15) is 0 Å². The van der Waals surface area contributed by atoms with Crippen LogP contribution in [0.15, 0.2) is 243 Å². The molecule has 11 aromatic rings. The molecule has 1 heterocycles. The standard InChI is InChI=1S/C63H46N2/c1-63(2)59-41-49(31-37-55(59)56-38-32-50(42-60(56)63)48-20-14-22-54(40-48)65-61-25-11-9-23-57(61)58-24-10-12-26-62(58)65)47-19-13-21-53(39-47)64(51-33-27-45(28-34-51)43-15-5-3-6-16-43)52-35-29-46(30-36-52)44-17-7-4-8-18-44/h3-42H,1-2H3. The Bertz CT molecular complexity index is 3410. The van der Waals surface area contributed by atoms with Crippen LogP contribution in [0.4, 0.5) is 17.1 Å². The van der Waals surface area contributed by atoms with Gasteiger partial charge in [0, 0.05) is 38.9 Å². The molecule has 0 N–H and O–H groups in total. The SMILES string of the molecule is CC1(C)c2cc(-c3cccc(N(c4ccc(-c5ccccc5)cc4)c4ccc(-c5ccccc5)cc4)c3)ccc2-c2ccc(-c3cccc(-n4c5ccccc5c5ccccc54)c3)cc21. The molecular weight excluding hydrogens is 785 g/mol. The lowest BCUT2D eigenvalue weighted by molar-refractivity contribution is 0.661. The predicted molar refractivity (Wildman–Crippen MR) is 275 cm³/mol. The number of benzene rings is 10. The molecule has 1 aliphatic rings. The number of fused-ring (bicyclic) bond motifs is 6. The Balaban J connectivity index is 0.889. The van der Waals surface area contributed by atoms with Gasteiger partial charge in [0.1, 0.15) is 0 Å². The zero-order valence-corrected chi connectivity index (χ0v) is 36.5. The second-order valence-electron chi connectivity index (χ2n) is 17.8. The highest BCUT2D eigenvalue weighted by Gasteiger charge is 2.36. The van der Waals surface area contributed by atoms with Gasteiger partial charge in [-0.15, -0.1) is 0 Å². The third-order valence-corrected chi connectivity index (χ3v) is 13.6. The molecule has 2 nitrogen and oxygen atoms in total. The third kappa shape index (κ3) is 6.65. The van der Waals surface area contributed by atoms with Crippen LogP contribution in [0.2, 0.25) is 0 Å². The Labute approximate surface area is 381 Å². The first kappa shape index (κ1) is 38.5. The number of hydrogen-bond donors (Lipinski definition) is 0. The van der Waals surface area contributed by atoms with Crippen molar-refractivity contribution >= 4 is 38.9 Å². The largest absolute Gasteiger partial charge is 0.310 e. The summed E-state index contributed by atoms with van der Waals surface area (Å²) >= 11 is 0. The van der Waals surface area contributed by atoms with Crippen LogP contribution in [0.5, 0.6) is 0 Å². The molecule has 0 aliphatic heterocycles. The molecule has 1 aromatic heterocycles. The third-order valence-electron chi connectivity index (χ3n) is 13.6. The van der Waals surface area contributed by atoms with Crippen LogP contribution in [-0.4, -0.2) is 4.57 Å². The smallest absolute Gasteiger partial charge is 0.0541 e. The van der Waals surface area contributed by atoms with Crippen molar-refractivity contribution in [2.45, 2.75) is 19.3 Å². The number of anilines is 3. The highest BCUT2D eigenvalue weighted by atomic mass is 15.1. The zero-order chi connectivity index (χ0) is 43.5. The van der Waals surface area contributed by atoms with Gasteiger partial charge in [-0.05, 0) is 140 Å². The first-order chi connectivity index (χ1) is 32.0. The Kier molecular flexibility index (Phi) is 9.21. The number of nitrogens with zero attached hydrogens (tertiary/aromatic N) is 2. The van der Waals surface area contributed by atoms with Crippen molar-refractivity contribution in [2.75, 3.05) is 4.90 Å². The zero-order valence-electron chi connectivity index (χ0n) is 36.5. The van der Waals surface area contributed by atoms with E-state index in [2.05, 4.69) is 266 Å². The first-order valence-electron chi connectivity index (χ1n) is 22.6. The molecule has 0 spiro atoms. The lowest BCUT2D eigenvalue weighted by atomic mass is 9.81. The predicted octanol–water partition coefficient (Wildman–Crippen LogP) is 17.2. The fourth-order valence-corrected chi connectivity index (χ4v) is 10.3.